The van der Waals surface area contributed by atoms with Gasteiger partial charge in [-0.15, -0.1) is 0 Å². The van der Waals surface area contributed by atoms with Crippen LogP contribution in [-0.4, -0.2) is 92.2 Å². The van der Waals surface area contributed by atoms with E-state index < -0.39 is 12.2 Å². The lowest BCUT2D eigenvalue weighted by Crippen LogP contribution is -2.48. The molecule has 0 aromatic heterocycles. The topological polar surface area (TPSA) is 88.6 Å². The molecule has 2 fully saturated rings. The SMILES string of the molecule is CCC(=O)N1CCN(c2ccc(NC(=O)C3CCc4cc(C(C)O)cc(N5CCN(C)CC5)c4O3)cc2)CC1. The largest absolute Gasteiger partial charge is 0.478 e. The molecule has 2 unspecified atom stereocenters. The number of ether oxygens (including phenoxy) is 1. The van der Waals surface area contributed by atoms with Crippen molar-refractivity contribution in [3.05, 3.63) is 47.5 Å². The van der Waals surface area contributed by atoms with Crippen molar-refractivity contribution in [2.45, 2.75) is 45.3 Å². The number of anilines is 3. The Labute approximate surface area is 231 Å². The zero-order valence-corrected chi connectivity index (χ0v) is 23.4. The molecule has 2 amide bonds. The maximum absolute atomic E-state index is 13.3. The lowest BCUT2D eigenvalue weighted by Gasteiger charge is -2.37. The van der Waals surface area contributed by atoms with Crippen molar-refractivity contribution in [1.82, 2.24) is 9.80 Å². The highest BCUT2D eigenvalue weighted by atomic mass is 16.5. The van der Waals surface area contributed by atoms with Gasteiger partial charge in [0.15, 0.2) is 6.10 Å². The predicted octanol–water partition coefficient (Wildman–Crippen LogP) is 2.88. The lowest BCUT2D eigenvalue weighted by molar-refractivity contribution is -0.131. The maximum atomic E-state index is 13.3. The van der Waals surface area contributed by atoms with Gasteiger partial charge >= 0.3 is 0 Å². The average Bonchev–Trinajstić information content (AvgIpc) is 2.96. The van der Waals surface area contributed by atoms with Gasteiger partial charge in [-0.1, -0.05) is 6.92 Å². The summed E-state index contributed by atoms with van der Waals surface area (Å²) >= 11 is 0. The van der Waals surface area contributed by atoms with E-state index in [1.54, 1.807) is 6.92 Å². The van der Waals surface area contributed by atoms with Crippen molar-refractivity contribution < 1.29 is 19.4 Å². The summed E-state index contributed by atoms with van der Waals surface area (Å²) in [6.07, 6.45) is 0.715. The summed E-state index contributed by atoms with van der Waals surface area (Å²) in [5, 5.41) is 13.3. The zero-order chi connectivity index (χ0) is 27.5. The molecule has 2 aromatic carbocycles. The van der Waals surface area contributed by atoms with Crippen molar-refractivity contribution in [2.75, 3.05) is 74.5 Å². The van der Waals surface area contributed by atoms with Gasteiger partial charge in [-0.25, -0.2) is 0 Å². The highest BCUT2D eigenvalue weighted by Gasteiger charge is 2.31. The molecule has 210 valence electrons. The molecule has 9 nitrogen and oxygen atoms in total. The maximum Gasteiger partial charge on any atom is 0.265 e. The number of carbonyl (C=O) groups excluding carboxylic acids is 2. The van der Waals surface area contributed by atoms with E-state index >= 15 is 0 Å². The Bertz CT molecular complexity index is 1170. The van der Waals surface area contributed by atoms with Crippen LogP contribution in [0.3, 0.4) is 0 Å². The van der Waals surface area contributed by atoms with E-state index in [0.717, 1.165) is 92.7 Å². The Morgan fingerprint density at radius 1 is 1.00 bits per heavy atom. The smallest absolute Gasteiger partial charge is 0.265 e. The minimum absolute atomic E-state index is 0.149. The van der Waals surface area contributed by atoms with Gasteiger partial charge in [0.1, 0.15) is 5.75 Å². The Morgan fingerprint density at radius 2 is 1.67 bits per heavy atom. The molecule has 2 atom stereocenters. The molecule has 9 heteroatoms. The fourth-order valence-electron chi connectivity index (χ4n) is 5.63. The Hall–Kier alpha value is -3.30. The van der Waals surface area contributed by atoms with Crippen molar-refractivity contribution in [1.29, 1.82) is 0 Å². The molecule has 39 heavy (non-hydrogen) atoms. The quantitative estimate of drug-likeness (QED) is 0.588. The summed E-state index contributed by atoms with van der Waals surface area (Å²) in [6.45, 7) is 10.4. The number of nitrogens with one attached hydrogen (secondary N) is 1. The van der Waals surface area contributed by atoms with Crippen LogP contribution in [0.15, 0.2) is 36.4 Å². The Balaban J connectivity index is 1.24. The van der Waals surface area contributed by atoms with E-state index in [9.17, 15) is 14.7 Å². The van der Waals surface area contributed by atoms with Gasteiger partial charge < -0.3 is 34.8 Å². The molecule has 0 radical (unpaired) electrons. The molecule has 0 saturated carbocycles. The average molecular weight is 536 g/mol. The van der Waals surface area contributed by atoms with Crippen LogP contribution in [0.25, 0.3) is 0 Å². The number of carbonyl (C=O) groups is 2. The second-order valence-corrected chi connectivity index (χ2v) is 10.9. The first kappa shape index (κ1) is 27.3. The van der Waals surface area contributed by atoms with Gasteiger partial charge in [0.25, 0.3) is 5.91 Å². The number of rotatable bonds is 6. The van der Waals surface area contributed by atoms with Crippen LogP contribution in [0.4, 0.5) is 17.1 Å². The zero-order valence-electron chi connectivity index (χ0n) is 23.4. The predicted molar refractivity (Wildman–Crippen MR) is 154 cm³/mol. The van der Waals surface area contributed by atoms with E-state index in [2.05, 4.69) is 27.1 Å². The lowest BCUT2D eigenvalue weighted by atomic mass is 9.96. The van der Waals surface area contributed by atoms with Gasteiger partial charge in [0, 0.05) is 70.2 Å². The first-order chi connectivity index (χ1) is 18.8. The van der Waals surface area contributed by atoms with E-state index in [4.69, 9.17) is 4.74 Å². The summed E-state index contributed by atoms with van der Waals surface area (Å²) in [5.74, 6) is 0.828. The summed E-state index contributed by atoms with van der Waals surface area (Å²) < 4.78 is 6.38. The monoisotopic (exact) mass is 535 g/mol. The molecule has 0 aliphatic carbocycles. The number of likely N-dealkylation sites (N-methyl/N-ethyl adjacent to an activating group) is 1. The number of hydrogen-bond donors (Lipinski definition) is 2. The molecule has 2 saturated heterocycles. The summed E-state index contributed by atoms with van der Waals surface area (Å²) in [6, 6.07) is 11.9. The van der Waals surface area contributed by atoms with Crippen molar-refractivity contribution >= 4 is 28.9 Å². The van der Waals surface area contributed by atoms with Gasteiger partial charge in [-0.05, 0) is 74.3 Å². The molecular weight excluding hydrogens is 494 g/mol. The Kier molecular flexibility index (Phi) is 8.28. The molecule has 2 aromatic rings. The molecule has 0 spiro atoms. The fourth-order valence-corrected chi connectivity index (χ4v) is 5.63. The second-order valence-electron chi connectivity index (χ2n) is 10.9. The van der Waals surface area contributed by atoms with Crippen LogP contribution >= 0.6 is 0 Å². The number of nitrogens with zero attached hydrogens (tertiary/aromatic N) is 4. The third kappa shape index (κ3) is 6.15. The molecule has 0 bridgehead atoms. The second kappa shape index (κ2) is 11.8. The van der Waals surface area contributed by atoms with Crippen LogP contribution in [0.5, 0.6) is 5.75 Å². The molecular formula is C30H41N5O4. The van der Waals surface area contributed by atoms with Gasteiger partial charge in [-0.2, -0.15) is 0 Å². The van der Waals surface area contributed by atoms with Gasteiger partial charge in [-0.3, -0.25) is 9.59 Å². The minimum Gasteiger partial charge on any atom is -0.478 e. The standard InChI is InChI=1S/C30H41N5O4/c1-4-28(37)35-17-15-33(16-18-35)25-8-6-24(7-9-25)31-30(38)27-10-5-22-19-23(21(2)36)20-26(29(22)39-27)34-13-11-32(3)12-14-34/h6-9,19-21,27,36H,4-5,10-18H2,1-3H3,(H,31,38). The van der Waals surface area contributed by atoms with E-state index in [0.29, 0.717) is 12.8 Å². The van der Waals surface area contributed by atoms with Crippen LogP contribution in [0, 0.1) is 0 Å². The summed E-state index contributed by atoms with van der Waals surface area (Å²) in [7, 11) is 2.12. The first-order valence-electron chi connectivity index (χ1n) is 14.2. The molecule has 3 heterocycles. The Morgan fingerprint density at radius 3 is 2.31 bits per heavy atom. The van der Waals surface area contributed by atoms with E-state index in [-0.39, 0.29) is 11.8 Å². The number of piperazine rings is 2. The summed E-state index contributed by atoms with van der Waals surface area (Å²) in [5.41, 5.74) is 4.73. The normalized spacial score (nSPS) is 20.7. The molecule has 3 aliphatic heterocycles. The van der Waals surface area contributed by atoms with Crippen molar-refractivity contribution in [2.24, 2.45) is 0 Å². The van der Waals surface area contributed by atoms with Crippen molar-refractivity contribution in [3.63, 3.8) is 0 Å². The minimum atomic E-state index is -0.579. The number of aliphatic hydroxyl groups excluding tert-OH is 1. The number of amides is 2. The van der Waals surface area contributed by atoms with Crippen molar-refractivity contribution in [3.8, 4) is 5.75 Å². The number of benzene rings is 2. The molecule has 2 N–H and O–H groups in total. The summed E-state index contributed by atoms with van der Waals surface area (Å²) in [4.78, 5) is 34.0. The van der Waals surface area contributed by atoms with Gasteiger partial charge in [0.05, 0.1) is 11.8 Å². The van der Waals surface area contributed by atoms with Crippen LogP contribution in [0.2, 0.25) is 0 Å². The van der Waals surface area contributed by atoms with Crippen LogP contribution < -0.4 is 19.9 Å². The number of aryl methyl sites for hydroxylation is 1. The number of hydrogen-bond acceptors (Lipinski definition) is 7. The first-order valence-corrected chi connectivity index (χ1v) is 14.2. The third-order valence-electron chi connectivity index (χ3n) is 8.16. The fraction of sp³-hybridized carbons (Fsp3) is 0.533. The van der Waals surface area contributed by atoms with Crippen LogP contribution in [0.1, 0.15) is 43.9 Å². The van der Waals surface area contributed by atoms with Gasteiger partial charge in [0.2, 0.25) is 5.91 Å². The highest BCUT2D eigenvalue weighted by molar-refractivity contribution is 5.95. The van der Waals surface area contributed by atoms with E-state index in [1.165, 1.54) is 0 Å². The van der Waals surface area contributed by atoms with Crippen LogP contribution in [-0.2, 0) is 16.0 Å². The molecule has 3 aliphatic rings. The number of aliphatic hydroxyl groups is 1. The number of fused-ring (bicyclic) bond motifs is 1. The third-order valence-corrected chi connectivity index (χ3v) is 8.16. The highest BCUT2D eigenvalue weighted by Crippen LogP contribution is 2.40. The molecule has 5 rings (SSSR count). The van der Waals surface area contributed by atoms with E-state index in [1.807, 2.05) is 48.2 Å².